The van der Waals surface area contributed by atoms with Gasteiger partial charge < -0.3 is 14.2 Å². The third kappa shape index (κ3) is 5.44. The fourth-order valence-electron chi connectivity index (χ4n) is 1.32. The first-order valence-electron chi connectivity index (χ1n) is 5.62. The smallest absolute Gasteiger partial charge is 0.320 e. The molecule has 5 nitrogen and oxygen atoms in total. The van der Waals surface area contributed by atoms with Crippen molar-refractivity contribution in [2.75, 3.05) is 27.5 Å². The molecule has 6 heteroatoms. The van der Waals surface area contributed by atoms with Crippen LogP contribution in [0.1, 0.15) is 20.8 Å². The summed E-state index contributed by atoms with van der Waals surface area (Å²) in [4.78, 5) is 23.0. The predicted molar refractivity (Wildman–Crippen MR) is 62.7 cm³/mol. The van der Waals surface area contributed by atoms with Gasteiger partial charge in [-0.1, -0.05) is 0 Å². The highest BCUT2D eigenvalue weighted by atomic mass is 19.1. The molecule has 0 fully saturated rings. The number of alkyl halides is 1. The minimum absolute atomic E-state index is 0.0606. The molecule has 0 bridgehead atoms. The van der Waals surface area contributed by atoms with Crippen molar-refractivity contribution in [1.82, 2.24) is 0 Å². The lowest BCUT2D eigenvalue weighted by atomic mass is 9.94. The Labute approximate surface area is 107 Å². The van der Waals surface area contributed by atoms with Crippen LogP contribution in [0, 0.1) is 11.8 Å². The van der Waals surface area contributed by atoms with E-state index in [9.17, 15) is 14.0 Å². The van der Waals surface area contributed by atoms with Crippen molar-refractivity contribution in [2.24, 2.45) is 11.8 Å². The number of hydrogen-bond acceptors (Lipinski definition) is 5. The van der Waals surface area contributed by atoms with E-state index >= 15 is 0 Å². The number of ether oxygens (including phenoxy) is 3. The summed E-state index contributed by atoms with van der Waals surface area (Å²) in [6, 6.07) is 0. The van der Waals surface area contributed by atoms with Gasteiger partial charge in [-0.15, -0.1) is 0 Å². The Hall–Kier alpha value is -1.17. The van der Waals surface area contributed by atoms with Crippen LogP contribution in [-0.2, 0) is 23.8 Å². The summed E-state index contributed by atoms with van der Waals surface area (Å²) in [6.07, 6.45) is 0. The van der Waals surface area contributed by atoms with Crippen LogP contribution in [0.25, 0.3) is 0 Å². The zero-order valence-corrected chi connectivity index (χ0v) is 11.5. The lowest BCUT2D eigenvalue weighted by Gasteiger charge is -2.25. The number of hydrogen-bond donors (Lipinski definition) is 0. The first-order valence-corrected chi connectivity index (χ1v) is 5.62. The second kappa shape index (κ2) is 7.31. The van der Waals surface area contributed by atoms with Gasteiger partial charge in [0.05, 0.1) is 33.1 Å². The SMILES string of the molecule is COC(=O)C(C(=O)OC)C(CF)COC(C)(C)C. The highest BCUT2D eigenvalue weighted by Gasteiger charge is 2.37. The van der Waals surface area contributed by atoms with Crippen molar-refractivity contribution in [3.05, 3.63) is 0 Å². The molecule has 0 spiro atoms. The van der Waals surface area contributed by atoms with Crippen LogP contribution < -0.4 is 0 Å². The molecule has 1 unspecified atom stereocenters. The molecule has 106 valence electrons. The monoisotopic (exact) mass is 264 g/mol. The zero-order chi connectivity index (χ0) is 14.3. The predicted octanol–water partition coefficient (Wildman–Crippen LogP) is 1.35. The van der Waals surface area contributed by atoms with Crippen LogP contribution >= 0.6 is 0 Å². The quantitative estimate of drug-likeness (QED) is 0.535. The maximum Gasteiger partial charge on any atom is 0.320 e. The third-order valence-electron chi connectivity index (χ3n) is 2.31. The molecule has 0 radical (unpaired) electrons. The van der Waals surface area contributed by atoms with Gasteiger partial charge in [0.15, 0.2) is 5.92 Å². The van der Waals surface area contributed by atoms with E-state index in [1.54, 1.807) is 20.8 Å². The molecule has 0 saturated carbocycles. The average Bonchev–Trinajstić information content (AvgIpc) is 2.31. The molecule has 18 heavy (non-hydrogen) atoms. The van der Waals surface area contributed by atoms with Crippen LogP contribution in [0.3, 0.4) is 0 Å². The highest BCUT2D eigenvalue weighted by Crippen LogP contribution is 2.20. The number of carbonyl (C=O) groups excluding carboxylic acids is 2. The summed E-state index contributed by atoms with van der Waals surface area (Å²) in [5.41, 5.74) is -0.482. The van der Waals surface area contributed by atoms with Gasteiger partial charge in [-0.2, -0.15) is 0 Å². The van der Waals surface area contributed by atoms with E-state index in [0.717, 1.165) is 14.2 Å². The Balaban J connectivity index is 4.82. The summed E-state index contributed by atoms with van der Waals surface area (Å²) in [5, 5.41) is 0. The second-order valence-corrected chi connectivity index (χ2v) is 4.86. The third-order valence-corrected chi connectivity index (χ3v) is 2.31. The Morgan fingerprint density at radius 1 is 1.11 bits per heavy atom. The van der Waals surface area contributed by atoms with E-state index in [4.69, 9.17) is 4.74 Å². The largest absolute Gasteiger partial charge is 0.468 e. The van der Waals surface area contributed by atoms with Crippen LogP contribution in [0.4, 0.5) is 4.39 Å². The standard InChI is InChI=1S/C12H21FO5/c1-12(2,3)18-7-8(6-13)9(10(14)16-4)11(15)17-5/h8-9H,6-7H2,1-5H3. The van der Waals surface area contributed by atoms with E-state index in [-0.39, 0.29) is 6.61 Å². The molecule has 0 aromatic carbocycles. The molecular formula is C12H21FO5. The molecule has 0 aliphatic rings. The molecular weight excluding hydrogens is 243 g/mol. The van der Waals surface area contributed by atoms with Gasteiger partial charge >= 0.3 is 11.9 Å². The molecule has 0 N–H and O–H groups in total. The van der Waals surface area contributed by atoms with E-state index in [2.05, 4.69) is 9.47 Å². The zero-order valence-electron chi connectivity index (χ0n) is 11.5. The van der Waals surface area contributed by atoms with Crippen molar-refractivity contribution in [3.8, 4) is 0 Å². The summed E-state index contributed by atoms with van der Waals surface area (Å²) in [6.45, 7) is 4.47. The summed E-state index contributed by atoms with van der Waals surface area (Å²) < 4.78 is 27.4. The van der Waals surface area contributed by atoms with Gasteiger partial charge in [-0.25, -0.2) is 0 Å². The van der Waals surface area contributed by atoms with Gasteiger partial charge in [0, 0.05) is 5.92 Å². The maximum absolute atomic E-state index is 13.0. The second-order valence-electron chi connectivity index (χ2n) is 4.86. The Morgan fingerprint density at radius 3 is 1.83 bits per heavy atom. The molecule has 0 heterocycles. The topological polar surface area (TPSA) is 61.8 Å². The van der Waals surface area contributed by atoms with Crippen molar-refractivity contribution < 1.29 is 28.2 Å². The van der Waals surface area contributed by atoms with Crippen LogP contribution in [0.2, 0.25) is 0 Å². The van der Waals surface area contributed by atoms with Gasteiger partial charge in [0.1, 0.15) is 0 Å². The average molecular weight is 264 g/mol. The molecule has 1 atom stereocenters. The Kier molecular flexibility index (Phi) is 6.83. The summed E-state index contributed by atoms with van der Waals surface area (Å²) in [7, 11) is 2.27. The Morgan fingerprint density at radius 2 is 1.56 bits per heavy atom. The molecule has 0 aromatic heterocycles. The van der Waals surface area contributed by atoms with Gasteiger partial charge in [0.25, 0.3) is 0 Å². The van der Waals surface area contributed by atoms with Gasteiger partial charge in [-0.05, 0) is 20.8 Å². The first-order chi connectivity index (χ1) is 8.26. The molecule has 0 aromatic rings. The molecule has 0 aliphatic heterocycles. The molecule has 0 aliphatic carbocycles. The number of methoxy groups -OCH3 is 2. The van der Waals surface area contributed by atoms with E-state index in [1.165, 1.54) is 0 Å². The Bertz CT molecular complexity index is 269. The number of halogens is 1. The van der Waals surface area contributed by atoms with E-state index in [1.807, 2.05) is 0 Å². The molecule has 0 amide bonds. The van der Waals surface area contributed by atoms with Crippen molar-refractivity contribution in [3.63, 3.8) is 0 Å². The minimum atomic E-state index is -1.30. The fourth-order valence-corrected chi connectivity index (χ4v) is 1.32. The first kappa shape index (κ1) is 16.8. The van der Waals surface area contributed by atoms with Crippen molar-refractivity contribution in [1.29, 1.82) is 0 Å². The number of carbonyl (C=O) groups is 2. The molecule has 0 saturated heterocycles. The number of rotatable bonds is 6. The minimum Gasteiger partial charge on any atom is -0.468 e. The van der Waals surface area contributed by atoms with Gasteiger partial charge in [0.2, 0.25) is 0 Å². The van der Waals surface area contributed by atoms with E-state index in [0.29, 0.717) is 0 Å². The highest BCUT2D eigenvalue weighted by molar-refractivity contribution is 5.95. The number of esters is 2. The summed E-state index contributed by atoms with van der Waals surface area (Å²) in [5.74, 6) is -3.85. The van der Waals surface area contributed by atoms with Crippen molar-refractivity contribution in [2.45, 2.75) is 26.4 Å². The van der Waals surface area contributed by atoms with Crippen LogP contribution in [0.5, 0.6) is 0 Å². The van der Waals surface area contributed by atoms with Crippen molar-refractivity contribution >= 4 is 11.9 Å². The van der Waals surface area contributed by atoms with Gasteiger partial charge in [-0.3, -0.25) is 14.0 Å². The van der Waals surface area contributed by atoms with Crippen LogP contribution in [0.15, 0.2) is 0 Å². The maximum atomic E-state index is 13.0. The summed E-state index contributed by atoms with van der Waals surface area (Å²) >= 11 is 0. The lowest BCUT2D eigenvalue weighted by Crippen LogP contribution is -2.38. The van der Waals surface area contributed by atoms with E-state index < -0.39 is 36.1 Å². The van der Waals surface area contributed by atoms with Crippen LogP contribution in [-0.4, -0.2) is 45.0 Å². The normalized spacial score (nSPS) is 13.3. The lowest BCUT2D eigenvalue weighted by molar-refractivity contribution is -0.164. The fraction of sp³-hybridized carbons (Fsp3) is 0.833. The molecule has 0 rings (SSSR count).